The number of amides is 1. The van der Waals surface area contributed by atoms with E-state index in [-0.39, 0.29) is 29.0 Å². The molecule has 0 saturated heterocycles. The van der Waals surface area contributed by atoms with Crippen LogP contribution in [-0.2, 0) is 4.79 Å². The zero-order chi connectivity index (χ0) is 15.6. The molecule has 1 saturated carbocycles. The van der Waals surface area contributed by atoms with Crippen LogP contribution in [0.5, 0.6) is 0 Å². The van der Waals surface area contributed by atoms with Gasteiger partial charge in [0, 0.05) is 11.6 Å². The van der Waals surface area contributed by atoms with Crippen molar-refractivity contribution in [3.8, 4) is 0 Å². The van der Waals surface area contributed by atoms with Crippen LogP contribution in [0.4, 0.5) is 10.1 Å². The van der Waals surface area contributed by atoms with Crippen LogP contribution < -0.4 is 5.32 Å². The van der Waals surface area contributed by atoms with Crippen LogP contribution >= 0.6 is 0 Å². The molecule has 1 fully saturated rings. The zero-order valence-electron chi connectivity index (χ0n) is 13.1. The van der Waals surface area contributed by atoms with E-state index in [2.05, 4.69) is 25.7 Å². The fourth-order valence-corrected chi connectivity index (χ4v) is 3.22. The van der Waals surface area contributed by atoms with Gasteiger partial charge in [-0.15, -0.1) is 0 Å². The third-order valence-electron chi connectivity index (χ3n) is 4.47. The standard InChI is InChI=1S/C18H24FNO/c1-12(2)15-9-10-18(3,4)11-16(15)17(21)20-14-7-5-13(19)6-8-14/h5-8,15-16H,1,9-11H2,2-4H3,(H,20,21). The van der Waals surface area contributed by atoms with E-state index in [9.17, 15) is 9.18 Å². The molecule has 1 N–H and O–H groups in total. The number of hydrogen-bond acceptors (Lipinski definition) is 1. The van der Waals surface area contributed by atoms with Crippen LogP contribution in [0.2, 0.25) is 0 Å². The van der Waals surface area contributed by atoms with E-state index in [0.29, 0.717) is 5.69 Å². The highest BCUT2D eigenvalue weighted by Crippen LogP contribution is 2.44. The lowest BCUT2D eigenvalue weighted by atomic mass is 9.65. The van der Waals surface area contributed by atoms with Crippen molar-refractivity contribution >= 4 is 11.6 Å². The van der Waals surface area contributed by atoms with Crippen molar-refractivity contribution in [2.24, 2.45) is 17.3 Å². The molecule has 2 atom stereocenters. The largest absolute Gasteiger partial charge is 0.326 e. The van der Waals surface area contributed by atoms with Crippen molar-refractivity contribution in [2.75, 3.05) is 5.32 Å². The summed E-state index contributed by atoms with van der Waals surface area (Å²) in [6.45, 7) is 10.5. The number of hydrogen-bond donors (Lipinski definition) is 1. The second kappa shape index (κ2) is 6.00. The van der Waals surface area contributed by atoms with E-state index in [0.717, 1.165) is 24.8 Å². The Morgan fingerprint density at radius 1 is 1.29 bits per heavy atom. The number of carbonyl (C=O) groups is 1. The van der Waals surface area contributed by atoms with Crippen molar-refractivity contribution < 1.29 is 9.18 Å². The Morgan fingerprint density at radius 2 is 1.90 bits per heavy atom. The summed E-state index contributed by atoms with van der Waals surface area (Å²) in [5, 5.41) is 2.91. The Morgan fingerprint density at radius 3 is 2.48 bits per heavy atom. The molecule has 1 amide bonds. The van der Waals surface area contributed by atoms with Gasteiger partial charge < -0.3 is 5.32 Å². The highest BCUT2D eigenvalue weighted by Gasteiger charge is 2.39. The number of halogens is 1. The maximum absolute atomic E-state index is 12.9. The first-order chi connectivity index (χ1) is 9.78. The van der Waals surface area contributed by atoms with Crippen molar-refractivity contribution in [3.05, 3.63) is 42.2 Å². The van der Waals surface area contributed by atoms with Gasteiger partial charge in [-0.25, -0.2) is 4.39 Å². The Balaban J connectivity index is 2.13. The molecular formula is C18H24FNO. The molecule has 0 aliphatic heterocycles. The van der Waals surface area contributed by atoms with Crippen molar-refractivity contribution in [2.45, 2.75) is 40.0 Å². The summed E-state index contributed by atoms with van der Waals surface area (Å²) in [6.07, 6.45) is 2.98. The minimum atomic E-state index is -0.299. The molecule has 1 aliphatic carbocycles. The highest BCUT2D eigenvalue weighted by molar-refractivity contribution is 5.93. The van der Waals surface area contributed by atoms with Gasteiger partial charge in [0.25, 0.3) is 0 Å². The SMILES string of the molecule is C=C(C)C1CCC(C)(C)CC1C(=O)Nc1ccc(F)cc1. The van der Waals surface area contributed by atoms with E-state index in [1.165, 1.54) is 12.1 Å². The number of anilines is 1. The minimum Gasteiger partial charge on any atom is -0.326 e. The van der Waals surface area contributed by atoms with Gasteiger partial charge in [-0.2, -0.15) is 0 Å². The summed E-state index contributed by atoms with van der Waals surface area (Å²) in [6, 6.07) is 5.90. The monoisotopic (exact) mass is 289 g/mol. The van der Waals surface area contributed by atoms with Crippen molar-refractivity contribution in [1.29, 1.82) is 0 Å². The summed E-state index contributed by atoms with van der Waals surface area (Å²) < 4.78 is 12.9. The minimum absolute atomic E-state index is 0.0161. The lowest BCUT2D eigenvalue weighted by Crippen LogP contribution is -2.38. The molecule has 3 heteroatoms. The van der Waals surface area contributed by atoms with Crippen LogP contribution in [0.1, 0.15) is 40.0 Å². The predicted molar refractivity (Wildman–Crippen MR) is 84.5 cm³/mol. The van der Waals surface area contributed by atoms with Gasteiger partial charge in [0.15, 0.2) is 0 Å². The molecule has 2 rings (SSSR count). The molecule has 114 valence electrons. The second-order valence-corrected chi connectivity index (χ2v) is 6.96. The van der Waals surface area contributed by atoms with Gasteiger partial charge in [0.2, 0.25) is 5.91 Å². The molecule has 0 radical (unpaired) electrons. The number of carbonyl (C=O) groups excluding carboxylic acids is 1. The molecule has 0 heterocycles. The number of benzene rings is 1. The number of rotatable bonds is 3. The van der Waals surface area contributed by atoms with Crippen LogP contribution in [0.15, 0.2) is 36.4 Å². The summed E-state index contributed by atoms with van der Waals surface area (Å²) >= 11 is 0. The van der Waals surface area contributed by atoms with Crippen LogP contribution in [0.25, 0.3) is 0 Å². The van der Waals surface area contributed by atoms with Crippen LogP contribution in [-0.4, -0.2) is 5.91 Å². The molecule has 1 aromatic carbocycles. The lowest BCUT2D eigenvalue weighted by Gasteiger charge is -2.40. The molecular weight excluding hydrogens is 265 g/mol. The normalized spacial score (nSPS) is 24.4. The van der Waals surface area contributed by atoms with E-state index in [1.54, 1.807) is 12.1 Å². The first-order valence-electron chi connectivity index (χ1n) is 7.50. The Kier molecular flexibility index (Phi) is 4.50. The molecule has 0 aromatic heterocycles. The average molecular weight is 289 g/mol. The zero-order valence-corrected chi connectivity index (χ0v) is 13.1. The van der Waals surface area contributed by atoms with E-state index < -0.39 is 0 Å². The fourth-order valence-electron chi connectivity index (χ4n) is 3.22. The topological polar surface area (TPSA) is 29.1 Å². The molecule has 1 aliphatic rings. The van der Waals surface area contributed by atoms with Crippen LogP contribution in [0, 0.1) is 23.1 Å². The van der Waals surface area contributed by atoms with Gasteiger partial charge >= 0.3 is 0 Å². The van der Waals surface area contributed by atoms with Crippen molar-refractivity contribution in [1.82, 2.24) is 0 Å². The van der Waals surface area contributed by atoms with E-state index >= 15 is 0 Å². The number of nitrogens with one attached hydrogen (secondary N) is 1. The Bertz CT molecular complexity index is 533. The predicted octanol–water partition coefficient (Wildman–Crippen LogP) is 4.78. The molecule has 2 nitrogen and oxygen atoms in total. The van der Waals surface area contributed by atoms with Crippen LogP contribution in [0.3, 0.4) is 0 Å². The maximum Gasteiger partial charge on any atom is 0.228 e. The summed E-state index contributed by atoms with van der Waals surface area (Å²) in [5.41, 5.74) is 1.89. The number of allylic oxidation sites excluding steroid dienone is 1. The first-order valence-corrected chi connectivity index (χ1v) is 7.50. The molecule has 2 unspecified atom stereocenters. The van der Waals surface area contributed by atoms with Gasteiger partial charge in [0.05, 0.1) is 0 Å². The molecule has 21 heavy (non-hydrogen) atoms. The van der Waals surface area contributed by atoms with Gasteiger partial charge in [-0.05, 0) is 61.8 Å². The third kappa shape index (κ3) is 3.93. The summed E-state index contributed by atoms with van der Waals surface area (Å²) in [7, 11) is 0. The van der Waals surface area contributed by atoms with Gasteiger partial charge in [-0.3, -0.25) is 4.79 Å². The smallest absolute Gasteiger partial charge is 0.228 e. The Labute approximate surface area is 126 Å². The quantitative estimate of drug-likeness (QED) is 0.797. The van der Waals surface area contributed by atoms with E-state index in [4.69, 9.17) is 0 Å². The van der Waals surface area contributed by atoms with Gasteiger partial charge in [-0.1, -0.05) is 26.0 Å². The second-order valence-electron chi connectivity index (χ2n) is 6.96. The summed E-state index contributed by atoms with van der Waals surface area (Å²) in [5.74, 6) is -0.108. The van der Waals surface area contributed by atoms with E-state index in [1.807, 2.05) is 6.92 Å². The highest BCUT2D eigenvalue weighted by atomic mass is 19.1. The average Bonchev–Trinajstić information content (AvgIpc) is 2.40. The summed E-state index contributed by atoms with van der Waals surface area (Å²) in [4.78, 5) is 12.6. The lowest BCUT2D eigenvalue weighted by molar-refractivity contribution is -0.123. The molecule has 1 aromatic rings. The maximum atomic E-state index is 12.9. The third-order valence-corrected chi connectivity index (χ3v) is 4.47. The van der Waals surface area contributed by atoms with Crippen molar-refractivity contribution in [3.63, 3.8) is 0 Å². The van der Waals surface area contributed by atoms with Gasteiger partial charge in [0.1, 0.15) is 5.82 Å². The first kappa shape index (κ1) is 15.7. The molecule has 0 bridgehead atoms. The molecule has 0 spiro atoms. The Hall–Kier alpha value is -1.64. The fraction of sp³-hybridized carbons (Fsp3) is 0.500.